The number of nitrogens with two attached hydrogens (primary N) is 1. The van der Waals surface area contributed by atoms with E-state index in [4.69, 9.17) is 5.73 Å². The molecule has 0 amide bonds. The van der Waals surface area contributed by atoms with Gasteiger partial charge in [-0.2, -0.15) is 23.4 Å². The van der Waals surface area contributed by atoms with Crippen molar-refractivity contribution in [3.63, 3.8) is 0 Å². The highest BCUT2D eigenvalue weighted by molar-refractivity contribution is 8.00. The number of nitrogens with zero attached hydrogens (tertiary/aromatic N) is 3. The lowest BCUT2D eigenvalue weighted by Crippen LogP contribution is -2.50. The Morgan fingerprint density at radius 3 is 2.59 bits per heavy atom. The average molecular weight is 491 g/mol. The lowest BCUT2D eigenvalue weighted by atomic mass is 9.59. The van der Waals surface area contributed by atoms with Gasteiger partial charge in [0.2, 0.25) is 5.95 Å². The number of rotatable bonds is 7. The number of aromatic nitrogens is 2. The molecule has 4 N–H and O–H groups in total. The Kier molecular flexibility index (Phi) is 7.24. The number of fused-ring (bicyclic) bond motifs is 2. The molecule has 0 radical (unpaired) electrons. The highest BCUT2D eigenvalue weighted by Gasteiger charge is 2.43. The van der Waals surface area contributed by atoms with Crippen LogP contribution >= 0.6 is 11.8 Å². The van der Waals surface area contributed by atoms with Gasteiger partial charge >= 0.3 is 5.51 Å². The number of anilines is 2. The largest absolute Gasteiger partial charge is 0.446 e. The summed E-state index contributed by atoms with van der Waals surface area (Å²) in [6, 6.07) is 8.73. The minimum atomic E-state index is -4.37. The van der Waals surface area contributed by atoms with E-state index in [0.717, 1.165) is 12.8 Å². The minimum absolute atomic E-state index is 0.0602. The normalized spacial score (nSPS) is 26.5. The van der Waals surface area contributed by atoms with Gasteiger partial charge in [-0.05, 0) is 66.3 Å². The van der Waals surface area contributed by atoms with Crippen LogP contribution < -0.4 is 16.4 Å². The van der Waals surface area contributed by atoms with E-state index in [2.05, 4.69) is 33.6 Å². The Morgan fingerprint density at radius 2 is 1.91 bits per heavy atom. The number of halogens is 3. The van der Waals surface area contributed by atoms with Gasteiger partial charge < -0.3 is 16.4 Å². The SMILES string of the molecule is CC1(CNc2nc(NCc3ccccc3SC(F)(F)F)ncc2C#N)C[C@H]2CCC[C@@H](C1)[C@@H]2N. The van der Waals surface area contributed by atoms with Crippen LogP contribution in [0.15, 0.2) is 35.4 Å². The molecule has 2 aromatic rings. The zero-order valence-corrected chi connectivity index (χ0v) is 19.8. The van der Waals surface area contributed by atoms with Gasteiger partial charge in [-0.1, -0.05) is 31.5 Å². The van der Waals surface area contributed by atoms with E-state index < -0.39 is 5.51 Å². The summed E-state index contributed by atoms with van der Waals surface area (Å²) in [6.07, 6.45) is 7.12. The second-order valence-corrected chi connectivity index (χ2v) is 10.8. The third kappa shape index (κ3) is 5.94. The van der Waals surface area contributed by atoms with Crippen LogP contribution in [-0.2, 0) is 6.54 Å². The third-order valence-electron chi connectivity index (χ3n) is 6.98. The van der Waals surface area contributed by atoms with Crippen molar-refractivity contribution in [2.75, 3.05) is 17.2 Å². The standard InChI is InChI=1S/C24H29F3N6S/c1-23(9-15-6-4-7-16(10-23)20(15)29)14-32-21-18(11-28)13-31-22(33-21)30-12-17-5-2-3-8-19(17)34-24(25,26)27/h2-3,5,8,13,15-16,20H,4,6-7,9-10,12,14,29H2,1H3,(H2,30,31,32,33)/t15-,16+,20-,23?. The van der Waals surface area contributed by atoms with E-state index in [-0.39, 0.29) is 40.6 Å². The number of thioether (sulfide) groups is 1. The maximum absolute atomic E-state index is 12.9. The molecule has 1 aromatic heterocycles. The molecule has 2 saturated carbocycles. The number of benzene rings is 1. The molecule has 10 heteroatoms. The molecule has 0 spiro atoms. The summed E-state index contributed by atoms with van der Waals surface area (Å²) in [5.74, 6) is 1.75. The monoisotopic (exact) mass is 490 g/mol. The first-order chi connectivity index (χ1) is 16.2. The summed E-state index contributed by atoms with van der Waals surface area (Å²) in [6.45, 7) is 3.06. The molecule has 6 nitrogen and oxygen atoms in total. The summed E-state index contributed by atoms with van der Waals surface area (Å²) in [4.78, 5) is 8.75. The summed E-state index contributed by atoms with van der Waals surface area (Å²) < 4.78 is 38.6. The van der Waals surface area contributed by atoms with Crippen molar-refractivity contribution in [3.05, 3.63) is 41.6 Å². The molecular weight excluding hydrogens is 461 g/mol. The highest BCUT2D eigenvalue weighted by Crippen LogP contribution is 2.48. The van der Waals surface area contributed by atoms with Crippen LogP contribution in [-0.4, -0.2) is 28.1 Å². The molecule has 34 heavy (non-hydrogen) atoms. The Balaban J connectivity index is 1.43. The Hall–Kier alpha value is -2.51. The summed E-state index contributed by atoms with van der Waals surface area (Å²) in [7, 11) is 0. The lowest BCUT2D eigenvalue weighted by Gasteiger charge is -2.49. The first kappa shape index (κ1) is 24.6. The molecule has 1 aromatic carbocycles. The lowest BCUT2D eigenvalue weighted by molar-refractivity contribution is -0.0328. The highest BCUT2D eigenvalue weighted by atomic mass is 32.2. The van der Waals surface area contributed by atoms with E-state index >= 15 is 0 Å². The van der Waals surface area contributed by atoms with E-state index in [1.807, 2.05) is 0 Å². The van der Waals surface area contributed by atoms with Gasteiger partial charge in [0.05, 0.1) is 6.20 Å². The van der Waals surface area contributed by atoms with E-state index in [1.165, 1.54) is 31.5 Å². The average Bonchev–Trinajstić information content (AvgIpc) is 2.77. The molecule has 1 heterocycles. The van der Waals surface area contributed by atoms with Crippen molar-refractivity contribution in [2.24, 2.45) is 23.0 Å². The molecule has 2 bridgehead atoms. The Morgan fingerprint density at radius 1 is 1.21 bits per heavy atom. The van der Waals surface area contributed by atoms with E-state index in [9.17, 15) is 18.4 Å². The van der Waals surface area contributed by atoms with Gasteiger partial charge in [-0.3, -0.25) is 0 Å². The zero-order valence-electron chi connectivity index (χ0n) is 19.0. The predicted molar refractivity (Wildman–Crippen MR) is 127 cm³/mol. The van der Waals surface area contributed by atoms with Gasteiger partial charge in [0.15, 0.2) is 0 Å². The number of hydrogen-bond donors (Lipinski definition) is 3. The van der Waals surface area contributed by atoms with Crippen LogP contribution in [0.1, 0.15) is 50.2 Å². The molecule has 0 aliphatic heterocycles. The fraction of sp³-hybridized carbons (Fsp3) is 0.542. The molecule has 1 unspecified atom stereocenters. The molecule has 2 fully saturated rings. The molecular formula is C24H29F3N6S. The molecule has 2 aliphatic carbocycles. The number of hydrogen-bond acceptors (Lipinski definition) is 7. The van der Waals surface area contributed by atoms with E-state index in [0.29, 0.717) is 35.3 Å². The maximum Gasteiger partial charge on any atom is 0.446 e. The van der Waals surface area contributed by atoms with Crippen molar-refractivity contribution in [3.8, 4) is 6.07 Å². The van der Waals surface area contributed by atoms with Crippen molar-refractivity contribution in [2.45, 2.75) is 62.0 Å². The van der Waals surface area contributed by atoms with Gasteiger partial charge in [0.1, 0.15) is 17.5 Å². The number of alkyl halides is 3. The third-order valence-corrected chi connectivity index (χ3v) is 7.83. The zero-order chi connectivity index (χ0) is 24.3. The van der Waals surface area contributed by atoms with Crippen molar-refractivity contribution in [1.29, 1.82) is 5.26 Å². The Labute approximate surface area is 201 Å². The quantitative estimate of drug-likeness (QED) is 0.439. The second kappa shape index (κ2) is 10.0. The van der Waals surface area contributed by atoms with Crippen LogP contribution in [0.5, 0.6) is 0 Å². The van der Waals surface area contributed by atoms with Crippen molar-refractivity contribution >= 4 is 23.5 Å². The van der Waals surface area contributed by atoms with Gasteiger partial charge in [-0.15, -0.1) is 0 Å². The summed E-state index contributed by atoms with van der Waals surface area (Å²) in [5, 5.41) is 15.9. The second-order valence-electron chi connectivity index (χ2n) is 9.68. The van der Waals surface area contributed by atoms with Gasteiger partial charge in [-0.25, -0.2) is 4.98 Å². The molecule has 182 valence electrons. The number of nitriles is 1. The van der Waals surface area contributed by atoms with E-state index in [1.54, 1.807) is 18.2 Å². The van der Waals surface area contributed by atoms with Crippen LogP contribution in [0.4, 0.5) is 24.9 Å². The fourth-order valence-electron chi connectivity index (χ4n) is 5.41. The molecule has 0 saturated heterocycles. The van der Waals surface area contributed by atoms with Gasteiger partial charge in [0, 0.05) is 24.0 Å². The smallest absolute Gasteiger partial charge is 0.368 e. The first-order valence-electron chi connectivity index (χ1n) is 11.5. The van der Waals surface area contributed by atoms with Crippen molar-refractivity contribution in [1.82, 2.24) is 9.97 Å². The van der Waals surface area contributed by atoms with Crippen LogP contribution in [0.2, 0.25) is 0 Å². The predicted octanol–water partition coefficient (Wildman–Crippen LogP) is 5.53. The Bertz CT molecular complexity index is 1040. The van der Waals surface area contributed by atoms with Crippen LogP contribution in [0.25, 0.3) is 0 Å². The number of nitrogens with one attached hydrogen (secondary N) is 2. The first-order valence-corrected chi connectivity index (χ1v) is 12.3. The molecule has 2 aliphatic rings. The summed E-state index contributed by atoms with van der Waals surface area (Å²) in [5.41, 5.74) is 2.96. The maximum atomic E-state index is 12.9. The molecule has 4 atom stereocenters. The summed E-state index contributed by atoms with van der Waals surface area (Å²) >= 11 is -0.143. The van der Waals surface area contributed by atoms with Crippen LogP contribution in [0, 0.1) is 28.6 Å². The fourth-order valence-corrected chi connectivity index (χ4v) is 6.08. The minimum Gasteiger partial charge on any atom is -0.368 e. The topological polar surface area (TPSA) is 99.6 Å². The van der Waals surface area contributed by atoms with Crippen LogP contribution in [0.3, 0.4) is 0 Å². The molecule has 4 rings (SSSR count). The van der Waals surface area contributed by atoms with Crippen molar-refractivity contribution < 1.29 is 13.2 Å². The van der Waals surface area contributed by atoms with Gasteiger partial charge in [0.25, 0.3) is 0 Å².